The first-order valence-electron chi connectivity index (χ1n) is 8.03. The molecule has 1 amide bonds. The Hall–Kier alpha value is -3.07. The monoisotopic (exact) mass is 386 g/mol. The molecule has 1 atom stereocenters. The van der Waals surface area contributed by atoms with Crippen LogP contribution in [-0.4, -0.2) is 40.6 Å². The number of thioether (sulfide) groups is 1. The van der Waals surface area contributed by atoms with Gasteiger partial charge in [-0.3, -0.25) is 9.78 Å². The zero-order valence-electron chi connectivity index (χ0n) is 15.0. The highest BCUT2D eigenvalue weighted by molar-refractivity contribution is 8.00. The first-order chi connectivity index (χ1) is 13.1. The lowest BCUT2D eigenvalue weighted by Gasteiger charge is -2.12. The Labute approximate surface area is 160 Å². The molecule has 0 aliphatic rings. The van der Waals surface area contributed by atoms with E-state index in [0.29, 0.717) is 28.3 Å². The quantitative estimate of drug-likeness (QED) is 0.618. The standard InChI is InChI=1S/C18H18N4O4S/c1-11(16(23)20-13-8-14(24-2)10-15(9-13)25-3)27-18-22-21-17(26-18)12-4-6-19-7-5-12/h4-11H,1-3H3,(H,20,23)/t11-/m1/s1. The van der Waals surface area contributed by atoms with E-state index < -0.39 is 5.25 Å². The molecule has 27 heavy (non-hydrogen) atoms. The Bertz CT molecular complexity index is 894. The minimum atomic E-state index is -0.451. The van der Waals surface area contributed by atoms with Gasteiger partial charge < -0.3 is 19.2 Å². The summed E-state index contributed by atoms with van der Waals surface area (Å²) in [5.41, 5.74) is 1.34. The van der Waals surface area contributed by atoms with Crippen molar-refractivity contribution in [2.24, 2.45) is 0 Å². The van der Waals surface area contributed by atoms with Gasteiger partial charge >= 0.3 is 0 Å². The number of methoxy groups -OCH3 is 2. The molecular weight excluding hydrogens is 368 g/mol. The summed E-state index contributed by atoms with van der Waals surface area (Å²) in [5.74, 6) is 1.34. The highest BCUT2D eigenvalue weighted by atomic mass is 32.2. The number of ether oxygens (including phenoxy) is 2. The van der Waals surface area contributed by atoms with E-state index in [0.717, 1.165) is 5.56 Å². The van der Waals surface area contributed by atoms with Crippen LogP contribution in [0.4, 0.5) is 5.69 Å². The van der Waals surface area contributed by atoms with Gasteiger partial charge in [0.1, 0.15) is 11.5 Å². The lowest BCUT2D eigenvalue weighted by Crippen LogP contribution is -2.22. The minimum Gasteiger partial charge on any atom is -0.497 e. The Morgan fingerprint density at radius 3 is 2.41 bits per heavy atom. The zero-order chi connectivity index (χ0) is 19.2. The van der Waals surface area contributed by atoms with Crippen LogP contribution in [0.15, 0.2) is 52.4 Å². The van der Waals surface area contributed by atoms with E-state index in [1.165, 1.54) is 11.8 Å². The van der Waals surface area contributed by atoms with Gasteiger partial charge in [-0.2, -0.15) is 0 Å². The predicted molar refractivity (Wildman–Crippen MR) is 101 cm³/mol. The maximum Gasteiger partial charge on any atom is 0.277 e. The van der Waals surface area contributed by atoms with Crippen molar-refractivity contribution in [1.29, 1.82) is 0 Å². The van der Waals surface area contributed by atoms with Gasteiger partial charge in [0.2, 0.25) is 11.8 Å². The van der Waals surface area contributed by atoms with E-state index in [-0.39, 0.29) is 5.91 Å². The Kier molecular flexibility index (Phi) is 5.92. The van der Waals surface area contributed by atoms with Crippen LogP contribution < -0.4 is 14.8 Å². The third kappa shape index (κ3) is 4.76. The average molecular weight is 386 g/mol. The van der Waals surface area contributed by atoms with Crippen molar-refractivity contribution in [3.63, 3.8) is 0 Å². The maximum atomic E-state index is 12.5. The normalized spacial score (nSPS) is 11.7. The third-order valence-corrected chi connectivity index (χ3v) is 4.53. The number of nitrogens with zero attached hydrogens (tertiary/aromatic N) is 3. The van der Waals surface area contributed by atoms with Crippen LogP contribution in [0.3, 0.4) is 0 Å². The molecule has 0 bridgehead atoms. The molecule has 9 heteroatoms. The Balaban J connectivity index is 1.65. The summed E-state index contributed by atoms with van der Waals surface area (Å²) in [6.07, 6.45) is 3.29. The van der Waals surface area contributed by atoms with Crippen LogP contribution in [0.2, 0.25) is 0 Å². The lowest BCUT2D eigenvalue weighted by atomic mass is 10.2. The Morgan fingerprint density at radius 1 is 1.11 bits per heavy atom. The predicted octanol–water partition coefficient (Wildman–Crippen LogP) is 3.27. The molecule has 2 aromatic heterocycles. The molecule has 3 aromatic rings. The van der Waals surface area contributed by atoms with Crippen LogP contribution in [0, 0.1) is 0 Å². The highest BCUT2D eigenvalue weighted by Gasteiger charge is 2.19. The van der Waals surface area contributed by atoms with Gasteiger partial charge in [-0.15, -0.1) is 10.2 Å². The largest absolute Gasteiger partial charge is 0.497 e. The van der Waals surface area contributed by atoms with Gasteiger partial charge in [0.25, 0.3) is 5.22 Å². The molecule has 2 heterocycles. The van der Waals surface area contributed by atoms with E-state index in [1.807, 2.05) is 0 Å². The summed E-state index contributed by atoms with van der Waals surface area (Å²) in [4.78, 5) is 16.4. The minimum absolute atomic E-state index is 0.209. The molecule has 0 aliphatic carbocycles. The first-order valence-corrected chi connectivity index (χ1v) is 8.91. The number of benzene rings is 1. The van der Waals surface area contributed by atoms with Crippen molar-refractivity contribution in [1.82, 2.24) is 15.2 Å². The summed E-state index contributed by atoms with van der Waals surface area (Å²) < 4.78 is 16.0. The van der Waals surface area contributed by atoms with Crippen molar-refractivity contribution in [3.8, 4) is 23.0 Å². The second kappa shape index (κ2) is 8.54. The summed E-state index contributed by atoms with van der Waals surface area (Å²) in [6, 6.07) is 8.70. The van der Waals surface area contributed by atoms with Crippen LogP contribution in [0.5, 0.6) is 11.5 Å². The number of carbonyl (C=O) groups is 1. The van der Waals surface area contributed by atoms with Crippen molar-refractivity contribution < 1.29 is 18.7 Å². The van der Waals surface area contributed by atoms with Crippen molar-refractivity contribution in [2.75, 3.05) is 19.5 Å². The molecule has 0 aliphatic heterocycles. The van der Waals surface area contributed by atoms with E-state index >= 15 is 0 Å². The van der Waals surface area contributed by atoms with Gasteiger partial charge in [0, 0.05) is 41.8 Å². The molecule has 140 valence electrons. The van der Waals surface area contributed by atoms with Gasteiger partial charge in [-0.25, -0.2) is 0 Å². The molecule has 0 radical (unpaired) electrons. The fourth-order valence-corrected chi connectivity index (χ4v) is 2.88. The van der Waals surface area contributed by atoms with Crippen molar-refractivity contribution in [3.05, 3.63) is 42.7 Å². The van der Waals surface area contributed by atoms with Crippen LogP contribution in [-0.2, 0) is 4.79 Å². The summed E-state index contributed by atoms with van der Waals surface area (Å²) in [5, 5.41) is 10.7. The number of aromatic nitrogens is 3. The number of hydrogen-bond donors (Lipinski definition) is 1. The number of hydrogen-bond acceptors (Lipinski definition) is 8. The fourth-order valence-electron chi connectivity index (χ4n) is 2.20. The number of rotatable bonds is 7. The maximum absolute atomic E-state index is 12.5. The van der Waals surface area contributed by atoms with E-state index in [1.54, 1.807) is 63.9 Å². The molecule has 0 saturated carbocycles. The number of nitrogens with one attached hydrogen (secondary N) is 1. The number of anilines is 1. The van der Waals surface area contributed by atoms with E-state index in [9.17, 15) is 4.79 Å². The molecule has 0 saturated heterocycles. The number of carbonyl (C=O) groups excluding carboxylic acids is 1. The lowest BCUT2D eigenvalue weighted by molar-refractivity contribution is -0.115. The van der Waals surface area contributed by atoms with Crippen molar-refractivity contribution >= 4 is 23.4 Å². The van der Waals surface area contributed by atoms with Crippen molar-refractivity contribution in [2.45, 2.75) is 17.4 Å². The number of pyridine rings is 1. The number of amides is 1. The molecule has 0 fully saturated rings. The summed E-state index contributed by atoms with van der Waals surface area (Å²) in [6.45, 7) is 1.76. The second-order valence-electron chi connectivity index (χ2n) is 5.46. The van der Waals surface area contributed by atoms with E-state index in [2.05, 4.69) is 20.5 Å². The topological polar surface area (TPSA) is 99.4 Å². The van der Waals surface area contributed by atoms with Crippen LogP contribution in [0.1, 0.15) is 6.92 Å². The smallest absolute Gasteiger partial charge is 0.277 e. The second-order valence-corrected chi connectivity index (χ2v) is 6.75. The summed E-state index contributed by atoms with van der Waals surface area (Å²) in [7, 11) is 3.10. The molecule has 8 nitrogen and oxygen atoms in total. The zero-order valence-corrected chi connectivity index (χ0v) is 15.8. The Morgan fingerprint density at radius 2 is 1.78 bits per heavy atom. The van der Waals surface area contributed by atoms with Gasteiger partial charge in [-0.05, 0) is 19.1 Å². The van der Waals surface area contributed by atoms with Gasteiger partial charge in [0.05, 0.1) is 19.5 Å². The molecule has 0 unspecified atom stereocenters. The third-order valence-electron chi connectivity index (χ3n) is 3.60. The molecular formula is C18H18N4O4S. The molecule has 1 aromatic carbocycles. The molecule has 0 spiro atoms. The molecule has 3 rings (SSSR count). The SMILES string of the molecule is COc1cc(NC(=O)[C@@H](C)Sc2nnc(-c3ccncc3)o2)cc(OC)c1. The highest BCUT2D eigenvalue weighted by Crippen LogP contribution is 2.28. The fraction of sp³-hybridized carbons (Fsp3) is 0.222. The van der Waals surface area contributed by atoms with E-state index in [4.69, 9.17) is 13.9 Å². The first kappa shape index (κ1) is 18.7. The summed E-state index contributed by atoms with van der Waals surface area (Å²) >= 11 is 1.18. The van der Waals surface area contributed by atoms with Crippen LogP contribution >= 0.6 is 11.8 Å². The average Bonchev–Trinajstić information content (AvgIpc) is 3.16. The van der Waals surface area contributed by atoms with Crippen LogP contribution in [0.25, 0.3) is 11.5 Å². The van der Waals surface area contributed by atoms with Gasteiger partial charge in [0.15, 0.2) is 0 Å². The molecule has 1 N–H and O–H groups in total. The van der Waals surface area contributed by atoms with Gasteiger partial charge in [-0.1, -0.05) is 11.8 Å².